The Morgan fingerprint density at radius 2 is 2.26 bits per heavy atom. The van der Waals surface area contributed by atoms with Gasteiger partial charge in [0, 0.05) is 5.02 Å². The monoisotopic (exact) mass is 349 g/mol. The molecule has 118 valence electrons. The van der Waals surface area contributed by atoms with Crippen molar-refractivity contribution >= 4 is 44.7 Å². The lowest BCUT2D eigenvalue weighted by Gasteiger charge is -2.11. The van der Waals surface area contributed by atoms with Crippen LogP contribution in [0.5, 0.6) is 5.75 Å². The Labute approximate surface area is 140 Å². The quantitative estimate of drug-likeness (QED) is 0.786. The number of benzene rings is 1. The Morgan fingerprint density at radius 3 is 3.04 bits per heavy atom. The van der Waals surface area contributed by atoms with Crippen molar-refractivity contribution in [3.63, 3.8) is 0 Å². The van der Waals surface area contributed by atoms with E-state index in [-0.39, 0.29) is 18.0 Å². The first-order chi connectivity index (χ1) is 11.1. The molecule has 0 spiro atoms. The van der Waals surface area contributed by atoms with Crippen molar-refractivity contribution in [2.75, 3.05) is 12.4 Å². The summed E-state index contributed by atoms with van der Waals surface area (Å²) >= 11 is 7.31. The van der Waals surface area contributed by atoms with Crippen molar-refractivity contribution in [3.05, 3.63) is 51.3 Å². The smallest absolute Gasteiger partial charge is 0.262 e. The highest BCUT2D eigenvalue weighted by molar-refractivity contribution is 7.16. The average Bonchev–Trinajstić information content (AvgIpc) is 3.00. The van der Waals surface area contributed by atoms with Crippen LogP contribution in [0.1, 0.15) is 0 Å². The second kappa shape index (κ2) is 6.39. The van der Waals surface area contributed by atoms with Crippen LogP contribution in [-0.4, -0.2) is 22.6 Å². The standard InChI is InChI=1S/C15H12ClN3O3S/c1-22-12-3-2-9(16)6-11(12)18-13(20)7-19-8-17-14-10(15(19)21)4-5-23-14/h2-6,8H,7H2,1H3,(H,18,20). The molecule has 0 radical (unpaired) electrons. The van der Waals surface area contributed by atoms with E-state index in [1.54, 1.807) is 29.6 Å². The largest absolute Gasteiger partial charge is 0.495 e. The molecule has 0 saturated heterocycles. The zero-order valence-corrected chi connectivity index (χ0v) is 13.6. The van der Waals surface area contributed by atoms with E-state index in [0.717, 1.165) is 0 Å². The van der Waals surface area contributed by atoms with Crippen molar-refractivity contribution in [1.82, 2.24) is 9.55 Å². The summed E-state index contributed by atoms with van der Waals surface area (Å²) in [6, 6.07) is 6.60. The maximum Gasteiger partial charge on any atom is 0.262 e. The van der Waals surface area contributed by atoms with Crippen LogP contribution in [0.25, 0.3) is 10.2 Å². The van der Waals surface area contributed by atoms with Crippen molar-refractivity contribution in [3.8, 4) is 5.75 Å². The van der Waals surface area contributed by atoms with Crippen LogP contribution < -0.4 is 15.6 Å². The van der Waals surface area contributed by atoms with Crippen molar-refractivity contribution in [2.45, 2.75) is 6.54 Å². The van der Waals surface area contributed by atoms with E-state index in [2.05, 4.69) is 10.3 Å². The van der Waals surface area contributed by atoms with Gasteiger partial charge in [0.2, 0.25) is 5.91 Å². The average molecular weight is 350 g/mol. The number of carbonyl (C=O) groups is 1. The van der Waals surface area contributed by atoms with E-state index in [1.807, 2.05) is 0 Å². The minimum atomic E-state index is -0.371. The number of halogens is 1. The van der Waals surface area contributed by atoms with Crippen molar-refractivity contribution < 1.29 is 9.53 Å². The molecule has 2 aromatic heterocycles. The summed E-state index contributed by atoms with van der Waals surface area (Å²) in [6.07, 6.45) is 1.37. The van der Waals surface area contributed by atoms with Crippen LogP contribution in [0.2, 0.25) is 5.02 Å². The second-order valence-corrected chi connectivity index (χ2v) is 6.04. The van der Waals surface area contributed by atoms with E-state index in [0.29, 0.717) is 26.7 Å². The zero-order valence-electron chi connectivity index (χ0n) is 12.1. The number of ether oxygens (including phenoxy) is 1. The maximum atomic E-state index is 12.3. The highest BCUT2D eigenvalue weighted by Crippen LogP contribution is 2.27. The molecule has 1 aromatic carbocycles. The maximum absolute atomic E-state index is 12.3. The minimum absolute atomic E-state index is 0.146. The van der Waals surface area contributed by atoms with Gasteiger partial charge in [0.25, 0.3) is 5.56 Å². The first kappa shape index (κ1) is 15.5. The number of hydrogen-bond donors (Lipinski definition) is 1. The highest BCUT2D eigenvalue weighted by atomic mass is 35.5. The van der Waals surface area contributed by atoms with Gasteiger partial charge in [-0.2, -0.15) is 0 Å². The van der Waals surface area contributed by atoms with Gasteiger partial charge in [-0.3, -0.25) is 14.2 Å². The van der Waals surface area contributed by atoms with Gasteiger partial charge in [-0.05, 0) is 29.6 Å². The van der Waals surface area contributed by atoms with E-state index in [9.17, 15) is 9.59 Å². The number of aromatic nitrogens is 2. The predicted octanol–water partition coefficient (Wildman–Crippen LogP) is 2.76. The van der Waals surface area contributed by atoms with Gasteiger partial charge in [0.05, 0.1) is 24.5 Å². The zero-order chi connectivity index (χ0) is 16.4. The topological polar surface area (TPSA) is 73.2 Å². The SMILES string of the molecule is COc1ccc(Cl)cc1NC(=O)Cn1cnc2sccc2c1=O. The molecule has 8 heteroatoms. The Morgan fingerprint density at radius 1 is 1.43 bits per heavy atom. The van der Waals surface area contributed by atoms with Crippen LogP contribution in [0.15, 0.2) is 40.8 Å². The summed E-state index contributed by atoms with van der Waals surface area (Å²) in [5.41, 5.74) is 0.201. The van der Waals surface area contributed by atoms with Gasteiger partial charge in [-0.1, -0.05) is 11.6 Å². The lowest BCUT2D eigenvalue weighted by Crippen LogP contribution is -2.27. The lowest BCUT2D eigenvalue weighted by molar-refractivity contribution is -0.116. The second-order valence-electron chi connectivity index (χ2n) is 4.71. The number of rotatable bonds is 4. The van der Waals surface area contributed by atoms with E-state index in [1.165, 1.54) is 29.3 Å². The van der Waals surface area contributed by atoms with Crippen LogP contribution in [0.4, 0.5) is 5.69 Å². The van der Waals surface area contributed by atoms with E-state index < -0.39 is 0 Å². The van der Waals surface area contributed by atoms with Crippen LogP contribution >= 0.6 is 22.9 Å². The minimum Gasteiger partial charge on any atom is -0.495 e. The Hall–Kier alpha value is -2.38. The molecule has 2 heterocycles. The Kier molecular flexibility index (Phi) is 4.31. The summed E-state index contributed by atoms with van der Waals surface area (Å²) < 4.78 is 6.43. The molecular formula is C15H12ClN3O3S. The summed E-state index contributed by atoms with van der Waals surface area (Å²) in [4.78, 5) is 29.3. The number of anilines is 1. The summed E-state index contributed by atoms with van der Waals surface area (Å²) in [6.45, 7) is -0.146. The summed E-state index contributed by atoms with van der Waals surface area (Å²) in [5, 5.41) is 5.46. The van der Waals surface area contributed by atoms with Gasteiger partial charge >= 0.3 is 0 Å². The molecule has 6 nitrogen and oxygen atoms in total. The fraction of sp³-hybridized carbons (Fsp3) is 0.133. The normalized spacial score (nSPS) is 10.7. The third-order valence-corrected chi connectivity index (χ3v) is 4.26. The summed E-state index contributed by atoms with van der Waals surface area (Å²) in [5.74, 6) is 0.116. The number of fused-ring (bicyclic) bond motifs is 1. The Balaban J connectivity index is 1.83. The summed E-state index contributed by atoms with van der Waals surface area (Å²) in [7, 11) is 1.50. The molecular weight excluding hydrogens is 338 g/mol. The molecule has 1 N–H and O–H groups in total. The Bertz CT molecular complexity index is 935. The molecule has 1 amide bonds. The number of thiophene rings is 1. The van der Waals surface area contributed by atoms with Crippen molar-refractivity contribution in [2.24, 2.45) is 0 Å². The van der Waals surface area contributed by atoms with Gasteiger partial charge in [-0.15, -0.1) is 11.3 Å². The van der Waals surface area contributed by atoms with Crippen molar-refractivity contribution in [1.29, 1.82) is 0 Å². The number of carbonyl (C=O) groups excluding carboxylic acids is 1. The van der Waals surface area contributed by atoms with E-state index in [4.69, 9.17) is 16.3 Å². The van der Waals surface area contributed by atoms with Gasteiger partial charge in [-0.25, -0.2) is 4.98 Å². The number of amides is 1. The van der Waals surface area contributed by atoms with Gasteiger partial charge < -0.3 is 10.1 Å². The molecule has 0 bridgehead atoms. The van der Waals surface area contributed by atoms with Crippen LogP contribution in [0.3, 0.4) is 0 Å². The highest BCUT2D eigenvalue weighted by Gasteiger charge is 2.11. The molecule has 0 unspecified atom stereocenters. The number of nitrogens with zero attached hydrogens (tertiary/aromatic N) is 2. The molecule has 3 rings (SSSR count). The predicted molar refractivity (Wildman–Crippen MR) is 90.5 cm³/mol. The number of nitrogens with one attached hydrogen (secondary N) is 1. The third-order valence-electron chi connectivity index (χ3n) is 3.20. The molecule has 3 aromatic rings. The molecule has 0 aliphatic carbocycles. The molecule has 0 aliphatic rings. The molecule has 0 fully saturated rings. The van der Waals surface area contributed by atoms with Crippen LogP contribution in [0, 0.1) is 0 Å². The van der Waals surface area contributed by atoms with Gasteiger partial charge in [0.1, 0.15) is 17.1 Å². The number of hydrogen-bond acceptors (Lipinski definition) is 5. The fourth-order valence-electron chi connectivity index (χ4n) is 2.13. The molecule has 0 atom stereocenters. The van der Waals surface area contributed by atoms with Gasteiger partial charge in [0.15, 0.2) is 0 Å². The number of methoxy groups -OCH3 is 1. The van der Waals surface area contributed by atoms with Crippen LogP contribution in [-0.2, 0) is 11.3 Å². The first-order valence-electron chi connectivity index (χ1n) is 6.64. The fourth-order valence-corrected chi connectivity index (χ4v) is 3.02. The lowest BCUT2D eigenvalue weighted by atomic mass is 10.3. The first-order valence-corrected chi connectivity index (χ1v) is 7.90. The van der Waals surface area contributed by atoms with E-state index >= 15 is 0 Å². The molecule has 0 saturated carbocycles. The molecule has 23 heavy (non-hydrogen) atoms. The third kappa shape index (κ3) is 3.20. The molecule has 0 aliphatic heterocycles.